The summed E-state index contributed by atoms with van der Waals surface area (Å²) in [6.07, 6.45) is 5.35. The van der Waals surface area contributed by atoms with Crippen molar-refractivity contribution in [2.75, 3.05) is 26.7 Å². The molecule has 1 aliphatic carbocycles. The number of aromatic nitrogens is 2. The van der Waals surface area contributed by atoms with Crippen LogP contribution in [0.15, 0.2) is 12.3 Å². The van der Waals surface area contributed by atoms with Crippen molar-refractivity contribution in [2.24, 2.45) is 5.92 Å². The quantitative estimate of drug-likeness (QED) is 0.750. The minimum Gasteiger partial charge on any atom is -0.369 e. The van der Waals surface area contributed by atoms with E-state index in [1.54, 1.807) is 24.1 Å². The molecule has 2 saturated heterocycles. The first-order chi connectivity index (χ1) is 12.1. The molecule has 3 fully saturated rings. The number of piperidine rings is 1. The number of likely N-dealkylation sites (tertiary alicyclic amines) is 2. The molecule has 1 unspecified atom stereocenters. The molecule has 1 atom stereocenters. The van der Waals surface area contributed by atoms with Crippen LogP contribution in [0.4, 0.5) is 0 Å². The highest BCUT2D eigenvalue weighted by atomic mass is 16.5. The molecule has 3 heterocycles. The molecule has 0 aromatic carbocycles. The van der Waals surface area contributed by atoms with Gasteiger partial charge in [0, 0.05) is 39.5 Å². The zero-order chi connectivity index (χ0) is 17.6. The largest absolute Gasteiger partial charge is 0.369 e. The van der Waals surface area contributed by atoms with Crippen LogP contribution in [0.3, 0.4) is 0 Å². The van der Waals surface area contributed by atoms with E-state index < -0.39 is 0 Å². The van der Waals surface area contributed by atoms with Gasteiger partial charge >= 0.3 is 0 Å². The summed E-state index contributed by atoms with van der Waals surface area (Å²) >= 11 is 0. The molecule has 2 amide bonds. The Labute approximate surface area is 147 Å². The SMILES string of the molecule is CCn1nccc1C(=O)N1CCC2(CC1)C(OC)C(=O)N2CC1CC1. The number of aryl methyl sites for hydroxylation is 1. The third-order valence-electron chi connectivity index (χ3n) is 6.04. The number of methoxy groups -OCH3 is 1. The van der Waals surface area contributed by atoms with Crippen LogP contribution >= 0.6 is 0 Å². The van der Waals surface area contributed by atoms with E-state index in [2.05, 4.69) is 5.10 Å². The Morgan fingerprint density at radius 3 is 2.68 bits per heavy atom. The van der Waals surface area contributed by atoms with E-state index in [1.165, 1.54) is 12.8 Å². The van der Waals surface area contributed by atoms with E-state index in [4.69, 9.17) is 4.74 Å². The molecule has 1 saturated carbocycles. The maximum Gasteiger partial charge on any atom is 0.272 e. The van der Waals surface area contributed by atoms with E-state index in [9.17, 15) is 9.59 Å². The van der Waals surface area contributed by atoms with Gasteiger partial charge in [-0.1, -0.05) is 0 Å². The number of hydrogen-bond donors (Lipinski definition) is 0. The average molecular weight is 346 g/mol. The molecule has 7 nitrogen and oxygen atoms in total. The fourth-order valence-corrected chi connectivity index (χ4v) is 4.37. The van der Waals surface area contributed by atoms with E-state index >= 15 is 0 Å². The van der Waals surface area contributed by atoms with Crippen molar-refractivity contribution in [2.45, 2.75) is 50.8 Å². The number of carbonyl (C=O) groups excluding carboxylic acids is 2. The molecule has 1 aromatic rings. The maximum atomic E-state index is 12.8. The van der Waals surface area contributed by atoms with E-state index in [-0.39, 0.29) is 23.5 Å². The standard InChI is InChI=1S/C18H26N4O3/c1-3-22-14(6-9-19-22)16(23)20-10-7-18(8-11-20)15(25-2)17(24)21(18)12-13-4-5-13/h6,9,13,15H,3-5,7-8,10-12H2,1-2H3. The summed E-state index contributed by atoms with van der Waals surface area (Å²) in [5.74, 6) is 0.818. The van der Waals surface area contributed by atoms with Crippen LogP contribution in [0.25, 0.3) is 0 Å². The first-order valence-electron chi connectivity index (χ1n) is 9.26. The summed E-state index contributed by atoms with van der Waals surface area (Å²) in [7, 11) is 1.62. The Morgan fingerprint density at radius 1 is 1.36 bits per heavy atom. The Morgan fingerprint density at radius 2 is 2.08 bits per heavy atom. The van der Waals surface area contributed by atoms with Crippen molar-refractivity contribution in [1.82, 2.24) is 19.6 Å². The third kappa shape index (κ3) is 2.56. The number of amides is 2. The fourth-order valence-electron chi connectivity index (χ4n) is 4.37. The lowest BCUT2D eigenvalue weighted by molar-refractivity contribution is -0.198. The molecule has 136 valence electrons. The fraction of sp³-hybridized carbons (Fsp3) is 0.722. The van der Waals surface area contributed by atoms with Gasteiger partial charge in [0.1, 0.15) is 5.69 Å². The van der Waals surface area contributed by atoms with Gasteiger partial charge in [0.15, 0.2) is 6.10 Å². The van der Waals surface area contributed by atoms with Gasteiger partial charge in [-0.2, -0.15) is 5.10 Å². The number of rotatable bonds is 5. The maximum absolute atomic E-state index is 12.8. The highest BCUT2D eigenvalue weighted by molar-refractivity contribution is 5.93. The second kappa shape index (κ2) is 6.12. The number of carbonyl (C=O) groups is 2. The van der Waals surface area contributed by atoms with Crippen molar-refractivity contribution >= 4 is 11.8 Å². The highest BCUT2D eigenvalue weighted by Crippen LogP contribution is 2.45. The molecule has 3 aliphatic rings. The smallest absolute Gasteiger partial charge is 0.272 e. The van der Waals surface area contributed by atoms with Crippen molar-refractivity contribution in [3.8, 4) is 0 Å². The summed E-state index contributed by atoms with van der Waals surface area (Å²) in [6, 6.07) is 1.78. The van der Waals surface area contributed by atoms with Gasteiger partial charge in [-0.3, -0.25) is 14.3 Å². The van der Waals surface area contributed by atoms with Gasteiger partial charge in [0.05, 0.1) is 5.54 Å². The molecule has 1 aromatic heterocycles. The molecular weight excluding hydrogens is 320 g/mol. The molecule has 2 aliphatic heterocycles. The molecule has 25 heavy (non-hydrogen) atoms. The lowest BCUT2D eigenvalue weighted by Crippen LogP contribution is -2.77. The summed E-state index contributed by atoms with van der Waals surface area (Å²) in [5, 5.41) is 4.19. The Kier molecular flexibility index (Phi) is 4.06. The monoisotopic (exact) mass is 346 g/mol. The summed E-state index contributed by atoms with van der Waals surface area (Å²) in [6.45, 7) is 4.83. The Balaban J connectivity index is 1.46. The lowest BCUT2D eigenvalue weighted by atomic mass is 9.72. The predicted octanol–water partition coefficient (Wildman–Crippen LogP) is 1.15. The Hall–Kier alpha value is -1.89. The van der Waals surface area contributed by atoms with E-state index in [0.29, 0.717) is 31.2 Å². The first kappa shape index (κ1) is 16.6. The van der Waals surface area contributed by atoms with Crippen LogP contribution in [0, 0.1) is 5.92 Å². The summed E-state index contributed by atoms with van der Waals surface area (Å²) in [4.78, 5) is 29.1. The molecule has 1 spiro atoms. The second-order valence-corrected chi connectivity index (χ2v) is 7.44. The van der Waals surface area contributed by atoms with Crippen LogP contribution in [-0.4, -0.2) is 69.8 Å². The number of hydrogen-bond acceptors (Lipinski definition) is 4. The minimum atomic E-state index is -0.343. The van der Waals surface area contributed by atoms with Crippen LogP contribution in [0.5, 0.6) is 0 Å². The van der Waals surface area contributed by atoms with E-state index in [1.807, 2.05) is 16.7 Å². The van der Waals surface area contributed by atoms with E-state index in [0.717, 1.165) is 19.4 Å². The van der Waals surface area contributed by atoms with Gasteiger partial charge in [-0.05, 0) is 44.6 Å². The topological polar surface area (TPSA) is 67.7 Å². The normalized spacial score (nSPS) is 25.4. The van der Waals surface area contributed by atoms with Gasteiger partial charge in [0.2, 0.25) is 0 Å². The van der Waals surface area contributed by atoms with Crippen LogP contribution < -0.4 is 0 Å². The third-order valence-corrected chi connectivity index (χ3v) is 6.04. The van der Waals surface area contributed by atoms with Gasteiger partial charge in [0.25, 0.3) is 11.8 Å². The summed E-state index contributed by atoms with van der Waals surface area (Å²) in [5.41, 5.74) is 0.428. The minimum absolute atomic E-state index is 0.0301. The zero-order valence-corrected chi connectivity index (χ0v) is 15.0. The highest BCUT2D eigenvalue weighted by Gasteiger charge is 2.61. The van der Waals surface area contributed by atoms with Crippen molar-refractivity contribution in [1.29, 1.82) is 0 Å². The Bertz CT molecular complexity index is 674. The predicted molar refractivity (Wildman–Crippen MR) is 91.0 cm³/mol. The van der Waals surface area contributed by atoms with Gasteiger partial charge < -0.3 is 14.5 Å². The first-order valence-corrected chi connectivity index (χ1v) is 9.26. The van der Waals surface area contributed by atoms with Gasteiger partial charge in [-0.15, -0.1) is 0 Å². The molecular formula is C18H26N4O3. The van der Waals surface area contributed by atoms with Crippen LogP contribution in [0.2, 0.25) is 0 Å². The molecule has 0 bridgehead atoms. The van der Waals surface area contributed by atoms with Crippen molar-refractivity contribution in [3.63, 3.8) is 0 Å². The number of β-lactam (4-membered cyclic amide) rings is 1. The average Bonchev–Trinajstić information content (AvgIpc) is 3.34. The lowest BCUT2D eigenvalue weighted by Gasteiger charge is -2.59. The number of ether oxygens (including phenoxy) is 1. The number of nitrogens with zero attached hydrogens (tertiary/aromatic N) is 4. The molecule has 0 radical (unpaired) electrons. The molecule has 4 rings (SSSR count). The zero-order valence-electron chi connectivity index (χ0n) is 15.0. The van der Waals surface area contributed by atoms with Crippen molar-refractivity contribution < 1.29 is 14.3 Å². The summed E-state index contributed by atoms with van der Waals surface area (Å²) < 4.78 is 7.25. The molecule has 7 heteroatoms. The van der Waals surface area contributed by atoms with Crippen molar-refractivity contribution in [3.05, 3.63) is 18.0 Å². The van der Waals surface area contributed by atoms with Crippen LogP contribution in [-0.2, 0) is 16.1 Å². The second-order valence-electron chi connectivity index (χ2n) is 7.44. The van der Waals surface area contributed by atoms with Crippen LogP contribution in [0.1, 0.15) is 43.1 Å². The van der Waals surface area contributed by atoms with Gasteiger partial charge in [-0.25, -0.2) is 0 Å². The molecule has 0 N–H and O–H groups in total.